The number of benzene rings is 1. The van der Waals surface area contributed by atoms with Crippen molar-refractivity contribution in [1.82, 2.24) is 4.72 Å². The van der Waals surface area contributed by atoms with Gasteiger partial charge < -0.3 is 15.6 Å². The molecule has 1 aromatic carbocycles. The molecular formula is C12H18N2O5S. The molecule has 0 aromatic heterocycles. The average Bonchev–Trinajstić information content (AvgIpc) is 2.37. The topological polar surface area (TPSA) is 119 Å². The van der Waals surface area contributed by atoms with Crippen molar-refractivity contribution in [2.45, 2.75) is 18.2 Å². The zero-order chi connectivity index (χ0) is 15.2. The highest BCUT2D eigenvalue weighted by molar-refractivity contribution is 7.89. The molecule has 0 spiro atoms. The molecule has 0 amide bonds. The average molecular weight is 302 g/mol. The van der Waals surface area contributed by atoms with E-state index in [1.54, 1.807) is 0 Å². The van der Waals surface area contributed by atoms with Gasteiger partial charge in [-0.15, -0.1) is 0 Å². The van der Waals surface area contributed by atoms with Crippen LogP contribution < -0.4 is 10.5 Å². The second-order valence-electron chi connectivity index (χ2n) is 4.01. The summed E-state index contributed by atoms with van der Waals surface area (Å²) in [6.45, 7) is 3.13. The molecule has 0 atom stereocenters. The summed E-state index contributed by atoms with van der Waals surface area (Å²) < 4.78 is 31.5. The maximum atomic E-state index is 12.0. The van der Waals surface area contributed by atoms with E-state index in [-0.39, 0.29) is 22.7 Å². The predicted molar refractivity (Wildman–Crippen MR) is 74.1 cm³/mol. The van der Waals surface area contributed by atoms with Crippen LogP contribution in [0.1, 0.15) is 23.7 Å². The van der Waals surface area contributed by atoms with E-state index in [0.29, 0.717) is 19.6 Å². The van der Waals surface area contributed by atoms with Crippen LogP contribution >= 0.6 is 0 Å². The van der Waals surface area contributed by atoms with E-state index in [1.807, 2.05) is 6.92 Å². The molecule has 0 fully saturated rings. The van der Waals surface area contributed by atoms with Gasteiger partial charge in [-0.2, -0.15) is 0 Å². The number of sulfonamides is 1. The third-order valence-corrected chi connectivity index (χ3v) is 4.04. The van der Waals surface area contributed by atoms with E-state index >= 15 is 0 Å². The minimum absolute atomic E-state index is 0.0576. The van der Waals surface area contributed by atoms with Gasteiger partial charge in [-0.3, -0.25) is 0 Å². The number of ether oxygens (including phenoxy) is 1. The fraction of sp³-hybridized carbons (Fsp3) is 0.417. The van der Waals surface area contributed by atoms with Crippen molar-refractivity contribution in [1.29, 1.82) is 0 Å². The number of carboxylic acids is 1. The third kappa shape index (κ3) is 4.48. The Hall–Kier alpha value is -1.64. The number of hydrogen-bond donors (Lipinski definition) is 3. The van der Waals surface area contributed by atoms with E-state index in [1.165, 1.54) is 12.1 Å². The quantitative estimate of drug-likeness (QED) is 0.480. The van der Waals surface area contributed by atoms with E-state index in [2.05, 4.69) is 4.72 Å². The van der Waals surface area contributed by atoms with Gasteiger partial charge in [0.1, 0.15) is 4.90 Å². The normalized spacial score (nSPS) is 11.4. The molecule has 1 rings (SSSR count). The van der Waals surface area contributed by atoms with Crippen molar-refractivity contribution >= 4 is 21.7 Å². The maximum absolute atomic E-state index is 12.0. The summed E-state index contributed by atoms with van der Waals surface area (Å²) in [4.78, 5) is 10.6. The predicted octanol–water partition coefficient (Wildman–Crippen LogP) is 0.672. The molecule has 0 radical (unpaired) electrons. The molecule has 0 heterocycles. The van der Waals surface area contributed by atoms with Gasteiger partial charge in [0.25, 0.3) is 0 Å². The molecule has 7 nitrogen and oxygen atoms in total. The highest BCUT2D eigenvalue weighted by Crippen LogP contribution is 2.19. The molecule has 0 unspecified atom stereocenters. The Bertz CT molecular complexity index is 571. The number of anilines is 1. The van der Waals surface area contributed by atoms with Crippen LogP contribution in [0.3, 0.4) is 0 Å². The molecule has 0 aliphatic carbocycles. The molecule has 1 aromatic rings. The molecule has 0 bridgehead atoms. The number of carboxylic acid groups (broad SMARTS) is 1. The Labute approximate surface area is 117 Å². The molecular weight excluding hydrogens is 284 g/mol. The largest absolute Gasteiger partial charge is 0.478 e. The van der Waals surface area contributed by atoms with Crippen molar-refractivity contribution in [3.63, 3.8) is 0 Å². The lowest BCUT2D eigenvalue weighted by Crippen LogP contribution is -2.26. The van der Waals surface area contributed by atoms with Crippen molar-refractivity contribution in [3.8, 4) is 0 Å². The highest BCUT2D eigenvalue weighted by Gasteiger charge is 2.18. The van der Waals surface area contributed by atoms with Crippen LogP contribution in [-0.4, -0.2) is 39.3 Å². The molecule has 0 saturated carbocycles. The lowest BCUT2D eigenvalue weighted by Gasteiger charge is -2.09. The number of carbonyl (C=O) groups is 1. The molecule has 0 aliphatic heterocycles. The van der Waals surface area contributed by atoms with E-state index in [0.717, 1.165) is 6.07 Å². The first kappa shape index (κ1) is 16.4. The van der Waals surface area contributed by atoms with Crippen molar-refractivity contribution in [2.24, 2.45) is 0 Å². The summed E-state index contributed by atoms with van der Waals surface area (Å²) in [7, 11) is -3.74. The highest BCUT2D eigenvalue weighted by atomic mass is 32.2. The van der Waals surface area contributed by atoms with Crippen LogP contribution in [0.25, 0.3) is 0 Å². The monoisotopic (exact) mass is 302 g/mol. The zero-order valence-corrected chi connectivity index (χ0v) is 11.9. The Morgan fingerprint density at radius 1 is 1.45 bits per heavy atom. The summed E-state index contributed by atoms with van der Waals surface area (Å²) >= 11 is 0. The van der Waals surface area contributed by atoms with E-state index in [4.69, 9.17) is 15.6 Å². The number of nitrogen functional groups attached to an aromatic ring is 1. The fourth-order valence-electron chi connectivity index (χ4n) is 1.53. The first-order valence-electron chi connectivity index (χ1n) is 6.08. The number of nitrogens with one attached hydrogen (secondary N) is 1. The third-order valence-electron chi connectivity index (χ3n) is 2.51. The summed E-state index contributed by atoms with van der Waals surface area (Å²) in [5.41, 5.74) is 5.44. The lowest BCUT2D eigenvalue weighted by molar-refractivity contribution is 0.0697. The first-order chi connectivity index (χ1) is 9.38. The van der Waals surface area contributed by atoms with Gasteiger partial charge in [0.15, 0.2) is 0 Å². The Morgan fingerprint density at radius 2 is 2.15 bits per heavy atom. The molecule has 4 N–H and O–H groups in total. The number of hydrogen-bond acceptors (Lipinski definition) is 5. The summed E-state index contributed by atoms with van der Waals surface area (Å²) in [6, 6.07) is 3.51. The molecule has 0 aliphatic rings. The molecule has 20 heavy (non-hydrogen) atoms. The molecule has 8 heteroatoms. The Kier molecular flexibility index (Phi) is 5.93. The van der Waals surface area contributed by atoms with Gasteiger partial charge in [-0.05, 0) is 31.5 Å². The SMILES string of the molecule is CCOCCCNS(=O)(=O)c1ccc(C(=O)O)cc1N. The minimum atomic E-state index is -3.74. The van der Waals surface area contributed by atoms with Gasteiger partial charge in [0, 0.05) is 19.8 Å². The minimum Gasteiger partial charge on any atom is -0.478 e. The fourth-order valence-corrected chi connectivity index (χ4v) is 2.71. The zero-order valence-electron chi connectivity index (χ0n) is 11.1. The maximum Gasteiger partial charge on any atom is 0.335 e. The first-order valence-corrected chi connectivity index (χ1v) is 7.57. The van der Waals surface area contributed by atoms with Crippen molar-refractivity contribution in [2.75, 3.05) is 25.5 Å². The van der Waals surface area contributed by atoms with Gasteiger partial charge in [0.05, 0.1) is 11.3 Å². The van der Waals surface area contributed by atoms with Crippen LogP contribution in [0.4, 0.5) is 5.69 Å². The standard InChI is InChI=1S/C12H18N2O5S/c1-2-19-7-3-6-14-20(17,18)11-5-4-9(12(15)16)8-10(11)13/h4-5,8,14H,2-3,6-7,13H2,1H3,(H,15,16). The number of nitrogens with two attached hydrogens (primary N) is 1. The van der Waals surface area contributed by atoms with Crippen LogP contribution in [-0.2, 0) is 14.8 Å². The van der Waals surface area contributed by atoms with E-state index < -0.39 is 16.0 Å². The number of rotatable bonds is 8. The Morgan fingerprint density at radius 3 is 2.70 bits per heavy atom. The van der Waals surface area contributed by atoms with Crippen LogP contribution in [0, 0.1) is 0 Å². The summed E-state index contributed by atoms with van der Waals surface area (Å²) in [5.74, 6) is -1.16. The molecule has 112 valence electrons. The number of aromatic carboxylic acids is 1. The van der Waals surface area contributed by atoms with Crippen molar-refractivity contribution < 1.29 is 23.1 Å². The smallest absolute Gasteiger partial charge is 0.335 e. The Balaban J connectivity index is 2.75. The van der Waals surface area contributed by atoms with Crippen LogP contribution in [0.2, 0.25) is 0 Å². The lowest BCUT2D eigenvalue weighted by atomic mass is 10.2. The van der Waals surface area contributed by atoms with Gasteiger partial charge in [0.2, 0.25) is 10.0 Å². The van der Waals surface area contributed by atoms with Crippen LogP contribution in [0.15, 0.2) is 23.1 Å². The van der Waals surface area contributed by atoms with Gasteiger partial charge in [-0.25, -0.2) is 17.9 Å². The summed E-state index contributed by atoms with van der Waals surface area (Å²) in [6.07, 6.45) is 0.542. The second-order valence-corrected chi connectivity index (χ2v) is 5.74. The summed E-state index contributed by atoms with van der Waals surface area (Å²) in [5, 5.41) is 8.79. The van der Waals surface area contributed by atoms with Gasteiger partial charge >= 0.3 is 5.97 Å². The molecule has 0 saturated heterocycles. The van der Waals surface area contributed by atoms with Crippen LogP contribution in [0.5, 0.6) is 0 Å². The van der Waals surface area contributed by atoms with Crippen molar-refractivity contribution in [3.05, 3.63) is 23.8 Å². The van der Waals surface area contributed by atoms with Gasteiger partial charge in [-0.1, -0.05) is 0 Å². The van der Waals surface area contributed by atoms with E-state index in [9.17, 15) is 13.2 Å². The second kappa shape index (κ2) is 7.22.